The fraction of sp³-hybridized carbons (Fsp3) is 0.579. The molecule has 1 fully saturated rings. The molecule has 1 aromatic rings. The molecule has 7 heteroatoms. The van der Waals surface area contributed by atoms with Crippen molar-refractivity contribution in [1.29, 1.82) is 0 Å². The molecule has 0 aromatic heterocycles. The number of amides is 1. The first kappa shape index (κ1) is 22.4. The summed E-state index contributed by atoms with van der Waals surface area (Å²) in [4.78, 5) is 27.2. The van der Waals surface area contributed by atoms with Crippen LogP contribution in [0.25, 0.3) is 0 Å². The maximum absolute atomic E-state index is 12.3. The van der Waals surface area contributed by atoms with Crippen molar-refractivity contribution in [2.75, 3.05) is 38.5 Å². The topological polar surface area (TPSA) is 72.9 Å². The standard InChI is InChI=1S/C19H29N3O3.ClH/c1-3-15-6-8-16(9-7-15)20-18(23)13-22-11-4-5-17(10-12-22)21(2)14-19(24)25;/h6-9,17H,3-5,10-14H2,1-2H3,(H,20,23)(H,24,25);1H. The number of benzene rings is 1. The van der Waals surface area contributed by atoms with Gasteiger partial charge in [0.15, 0.2) is 0 Å². The van der Waals surface area contributed by atoms with E-state index in [1.807, 2.05) is 36.2 Å². The molecule has 0 aliphatic carbocycles. The fourth-order valence-electron chi connectivity index (χ4n) is 3.31. The van der Waals surface area contributed by atoms with Gasteiger partial charge in [0.1, 0.15) is 0 Å². The molecule has 0 spiro atoms. The summed E-state index contributed by atoms with van der Waals surface area (Å²) in [7, 11) is 1.86. The van der Waals surface area contributed by atoms with Gasteiger partial charge in [-0.2, -0.15) is 0 Å². The second-order valence-corrected chi connectivity index (χ2v) is 6.77. The Kier molecular flexibility index (Phi) is 9.62. The van der Waals surface area contributed by atoms with Crippen molar-refractivity contribution < 1.29 is 14.7 Å². The Morgan fingerprint density at radius 2 is 1.92 bits per heavy atom. The lowest BCUT2D eigenvalue weighted by Crippen LogP contribution is -2.37. The summed E-state index contributed by atoms with van der Waals surface area (Å²) in [6.45, 7) is 4.24. The van der Waals surface area contributed by atoms with E-state index in [0.717, 1.165) is 44.5 Å². The summed E-state index contributed by atoms with van der Waals surface area (Å²) in [5, 5.41) is 11.9. The van der Waals surface area contributed by atoms with Crippen LogP contribution in [-0.2, 0) is 16.0 Å². The van der Waals surface area contributed by atoms with E-state index < -0.39 is 5.97 Å². The normalized spacial score (nSPS) is 18.0. The lowest BCUT2D eigenvalue weighted by molar-refractivity contribution is -0.138. The van der Waals surface area contributed by atoms with Crippen LogP contribution in [0.2, 0.25) is 0 Å². The van der Waals surface area contributed by atoms with Gasteiger partial charge < -0.3 is 10.4 Å². The zero-order valence-electron chi connectivity index (χ0n) is 15.6. The number of likely N-dealkylation sites (tertiary alicyclic amines) is 1. The number of hydrogen-bond donors (Lipinski definition) is 2. The fourth-order valence-corrected chi connectivity index (χ4v) is 3.31. The van der Waals surface area contributed by atoms with E-state index in [-0.39, 0.29) is 30.9 Å². The van der Waals surface area contributed by atoms with E-state index in [1.54, 1.807) is 0 Å². The van der Waals surface area contributed by atoms with Gasteiger partial charge >= 0.3 is 5.97 Å². The van der Waals surface area contributed by atoms with E-state index in [9.17, 15) is 9.59 Å². The lowest BCUT2D eigenvalue weighted by atomic mass is 10.1. The molecule has 2 N–H and O–H groups in total. The molecule has 2 rings (SSSR count). The van der Waals surface area contributed by atoms with Crippen LogP contribution in [0, 0.1) is 0 Å². The average molecular weight is 384 g/mol. The van der Waals surface area contributed by atoms with Gasteiger partial charge in [0.2, 0.25) is 5.91 Å². The Bertz CT molecular complexity index is 580. The van der Waals surface area contributed by atoms with Crippen molar-refractivity contribution in [3.63, 3.8) is 0 Å². The number of nitrogens with zero attached hydrogens (tertiary/aromatic N) is 2. The number of aryl methyl sites for hydroxylation is 1. The number of hydrogen-bond acceptors (Lipinski definition) is 4. The number of carboxylic acids is 1. The highest BCUT2D eigenvalue weighted by Gasteiger charge is 2.22. The molecule has 1 unspecified atom stereocenters. The summed E-state index contributed by atoms with van der Waals surface area (Å²) in [5.41, 5.74) is 2.08. The molecule has 146 valence electrons. The summed E-state index contributed by atoms with van der Waals surface area (Å²) in [5.74, 6) is -0.793. The van der Waals surface area contributed by atoms with Crippen LogP contribution >= 0.6 is 12.4 Å². The van der Waals surface area contributed by atoms with Crippen LogP contribution in [0.4, 0.5) is 5.69 Å². The van der Waals surface area contributed by atoms with Crippen LogP contribution in [0.3, 0.4) is 0 Å². The van der Waals surface area contributed by atoms with E-state index in [1.165, 1.54) is 5.56 Å². The molecular formula is C19H30ClN3O3. The second kappa shape index (κ2) is 11.2. The lowest BCUT2D eigenvalue weighted by Gasteiger charge is -2.25. The quantitative estimate of drug-likeness (QED) is 0.756. The predicted octanol–water partition coefficient (Wildman–Crippen LogP) is 2.48. The van der Waals surface area contributed by atoms with Crippen molar-refractivity contribution >= 4 is 30.0 Å². The van der Waals surface area contributed by atoms with E-state index in [4.69, 9.17) is 5.11 Å². The largest absolute Gasteiger partial charge is 0.480 e. The number of carboxylic acid groups (broad SMARTS) is 1. The van der Waals surface area contributed by atoms with Crippen molar-refractivity contribution in [3.8, 4) is 0 Å². The molecule has 1 heterocycles. The molecule has 1 aliphatic rings. The number of carbonyl (C=O) groups excluding carboxylic acids is 1. The smallest absolute Gasteiger partial charge is 0.317 e. The monoisotopic (exact) mass is 383 g/mol. The number of anilines is 1. The average Bonchev–Trinajstić information content (AvgIpc) is 2.80. The van der Waals surface area contributed by atoms with E-state index in [0.29, 0.717) is 6.54 Å². The molecule has 1 amide bonds. The third-order valence-corrected chi connectivity index (χ3v) is 4.81. The Balaban J connectivity index is 0.00000338. The number of rotatable bonds is 7. The first-order chi connectivity index (χ1) is 12.0. The van der Waals surface area contributed by atoms with Gasteiger partial charge in [-0.15, -0.1) is 12.4 Å². The van der Waals surface area contributed by atoms with Gasteiger partial charge in [-0.05, 0) is 57.0 Å². The van der Waals surface area contributed by atoms with E-state index in [2.05, 4.69) is 17.1 Å². The highest BCUT2D eigenvalue weighted by molar-refractivity contribution is 5.92. The Hall–Kier alpha value is -1.63. The Morgan fingerprint density at radius 1 is 1.23 bits per heavy atom. The highest BCUT2D eigenvalue weighted by Crippen LogP contribution is 2.16. The van der Waals surface area contributed by atoms with Gasteiger partial charge in [-0.3, -0.25) is 19.4 Å². The molecule has 0 saturated carbocycles. The van der Waals surface area contributed by atoms with Crippen LogP contribution < -0.4 is 5.32 Å². The van der Waals surface area contributed by atoms with Gasteiger partial charge in [-0.1, -0.05) is 19.1 Å². The number of likely N-dealkylation sites (N-methyl/N-ethyl adjacent to an activating group) is 1. The molecule has 1 aliphatic heterocycles. The molecule has 0 bridgehead atoms. The van der Waals surface area contributed by atoms with Crippen LogP contribution in [0.15, 0.2) is 24.3 Å². The van der Waals surface area contributed by atoms with Crippen molar-refractivity contribution in [2.45, 2.75) is 38.6 Å². The molecule has 6 nitrogen and oxygen atoms in total. The zero-order valence-corrected chi connectivity index (χ0v) is 16.4. The molecule has 26 heavy (non-hydrogen) atoms. The highest BCUT2D eigenvalue weighted by atomic mass is 35.5. The number of halogens is 1. The molecular weight excluding hydrogens is 354 g/mol. The van der Waals surface area contributed by atoms with Crippen LogP contribution in [0.1, 0.15) is 31.7 Å². The first-order valence-electron chi connectivity index (χ1n) is 9.01. The summed E-state index contributed by atoms with van der Waals surface area (Å²) in [6, 6.07) is 8.21. The third-order valence-electron chi connectivity index (χ3n) is 4.81. The van der Waals surface area contributed by atoms with Crippen LogP contribution in [-0.4, -0.2) is 66.1 Å². The van der Waals surface area contributed by atoms with Gasteiger partial charge in [0.05, 0.1) is 13.1 Å². The zero-order chi connectivity index (χ0) is 18.2. The minimum absolute atomic E-state index is 0. The second-order valence-electron chi connectivity index (χ2n) is 6.77. The third kappa shape index (κ3) is 7.32. The van der Waals surface area contributed by atoms with Gasteiger partial charge in [0.25, 0.3) is 0 Å². The molecule has 1 aromatic carbocycles. The summed E-state index contributed by atoms with van der Waals surface area (Å²) >= 11 is 0. The van der Waals surface area contributed by atoms with Crippen molar-refractivity contribution in [1.82, 2.24) is 9.80 Å². The van der Waals surface area contributed by atoms with Crippen molar-refractivity contribution in [3.05, 3.63) is 29.8 Å². The minimum Gasteiger partial charge on any atom is -0.480 e. The SMILES string of the molecule is CCc1ccc(NC(=O)CN2CCCC(N(C)CC(=O)O)CC2)cc1.Cl. The Morgan fingerprint density at radius 3 is 2.54 bits per heavy atom. The molecule has 1 atom stereocenters. The van der Waals surface area contributed by atoms with Crippen LogP contribution in [0.5, 0.6) is 0 Å². The number of carbonyl (C=O) groups is 2. The predicted molar refractivity (Wildman–Crippen MR) is 106 cm³/mol. The number of aliphatic carboxylic acids is 1. The van der Waals surface area contributed by atoms with Gasteiger partial charge in [0, 0.05) is 18.3 Å². The molecule has 0 radical (unpaired) electrons. The summed E-state index contributed by atoms with van der Waals surface area (Å²) in [6.07, 6.45) is 3.83. The molecule has 1 saturated heterocycles. The van der Waals surface area contributed by atoms with E-state index >= 15 is 0 Å². The maximum atomic E-state index is 12.3. The van der Waals surface area contributed by atoms with Gasteiger partial charge in [-0.25, -0.2) is 0 Å². The number of nitrogens with one attached hydrogen (secondary N) is 1. The summed E-state index contributed by atoms with van der Waals surface area (Å²) < 4.78 is 0. The first-order valence-corrected chi connectivity index (χ1v) is 9.01. The maximum Gasteiger partial charge on any atom is 0.317 e. The Labute approximate surface area is 162 Å². The van der Waals surface area contributed by atoms with Crippen molar-refractivity contribution in [2.24, 2.45) is 0 Å². The minimum atomic E-state index is -0.794.